The molecule has 2 aromatic rings. The molecule has 1 aromatic carbocycles. The van der Waals surface area contributed by atoms with E-state index in [1.165, 1.54) is 0 Å². The maximum atomic E-state index is 10.5. The topological polar surface area (TPSA) is 51.6 Å². The third-order valence-corrected chi connectivity index (χ3v) is 3.48. The summed E-state index contributed by atoms with van der Waals surface area (Å²) in [7, 11) is 3.21. The average Bonchev–Trinajstić information content (AvgIpc) is 2.46. The van der Waals surface area contributed by atoms with Gasteiger partial charge in [0.1, 0.15) is 5.75 Å². The van der Waals surface area contributed by atoms with Crippen LogP contribution in [0.15, 0.2) is 30.5 Å². The Morgan fingerprint density at radius 3 is 2.48 bits per heavy atom. The highest BCUT2D eigenvalue weighted by molar-refractivity contribution is 5.45. The molecule has 0 bridgehead atoms. The van der Waals surface area contributed by atoms with Gasteiger partial charge in [-0.05, 0) is 36.6 Å². The molecule has 0 aliphatic rings. The van der Waals surface area contributed by atoms with E-state index >= 15 is 0 Å². The van der Waals surface area contributed by atoms with Gasteiger partial charge in [0.2, 0.25) is 5.88 Å². The minimum atomic E-state index is -0.629. The number of ether oxygens (including phenoxy) is 2. The van der Waals surface area contributed by atoms with Gasteiger partial charge in [-0.1, -0.05) is 12.1 Å². The normalized spacial score (nSPS) is 12.0. The van der Waals surface area contributed by atoms with Gasteiger partial charge in [-0.2, -0.15) is 0 Å². The largest absolute Gasteiger partial charge is 0.496 e. The first-order valence-electron chi connectivity index (χ1n) is 6.87. The minimum Gasteiger partial charge on any atom is -0.496 e. The van der Waals surface area contributed by atoms with Crippen LogP contribution in [-0.4, -0.2) is 24.3 Å². The van der Waals surface area contributed by atoms with Crippen molar-refractivity contribution in [1.82, 2.24) is 4.98 Å². The van der Waals surface area contributed by atoms with E-state index in [4.69, 9.17) is 9.47 Å². The number of hydrogen-bond donors (Lipinski definition) is 1. The SMILES string of the molecule is COc1ccc(CC(O)c2c(C)cc(C)cc2OC)cn1. The van der Waals surface area contributed by atoms with Gasteiger partial charge in [-0.15, -0.1) is 0 Å². The number of aliphatic hydroxyl groups is 1. The molecular weight excluding hydrogens is 266 g/mol. The molecule has 0 fully saturated rings. The van der Waals surface area contributed by atoms with Crippen LogP contribution in [0.1, 0.15) is 28.4 Å². The summed E-state index contributed by atoms with van der Waals surface area (Å²) in [6.45, 7) is 4.00. The number of nitrogens with zero attached hydrogens (tertiary/aromatic N) is 1. The van der Waals surface area contributed by atoms with Crippen molar-refractivity contribution < 1.29 is 14.6 Å². The third kappa shape index (κ3) is 3.52. The summed E-state index contributed by atoms with van der Waals surface area (Å²) in [5.41, 5.74) is 3.93. The van der Waals surface area contributed by atoms with Crippen LogP contribution in [0, 0.1) is 13.8 Å². The van der Waals surface area contributed by atoms with Crippen LogP contribution < -0.4 is 9.47 Å². The first-order chi connectivity index (χ1) is 10.0. The molecular formula is C17H21NO3. The highest BCUT2D eigenvalue weighted by Gasteiger charge is 2.17. The van der Waals surface area contributed by atoms with E-state index in [0.29, 0.717) is 12.3 Å². The Kier molecular flexibility index (Phi) is 4.81. The van der Waals surface area contributed by atoms with Crippen LogP contribution in [0.2, 0.25) is 0 Å². The highest BCUT2D eigenvalue weighted by Crippen LogP contribution is 2.32. The first-order valence-corrected chi connectivity index (χ1v) is 6.87. The molecule has 4 heteroatoms. The Hall–Kier alpha value is -2.07. The van der Waals surface area contributed by atoms with Gasteiger partial charge in [0.15, 0.2) is 0 Å². The quantitative estimate of drug-likeness (QED) is 0.918. The molecule has 0 radical (unpaired) electrons. The molecule has 1 N–H and O–H groups in total. The van der Waals surface area contributed by atoms with Crippen LogP contribution in [-0.2, 0) is 6.42 Å². The van der Waals surface area contributed by atoms with Crippen LogP contribution in [0.3, 0.4) is 0 Å². The van der Waals surface area contributed by atoms with Crippen LogP contribution in [0.5, 0.6) is 11.6 Å². The fourth-order valence-corrected chi connectivity index (χ4v) is 2.51. The minimum absolute atomic E-state index is 0.483. The monoisotopic (exact) mass is 287 g/mol. The van der Waals surface area contributed by atoms with E-state index in [2.05, 4.69) is 4.98 Å². The number of rotatable bonds is 5. The molecule has 112 valence electrons. The van der Waals surface area contributed by atoms with Crippen molar-refractivity contribution in [1.29, 1.82) is 0 Å². The standard InChI is InChI=1S/C17H21NO3/c1-11-7-12(2)17(15(8-11)20-3)14(19)9-13-5-6-16(21-4)18-10-13/h5-8,10,14,19H,9H2,1-4H3. The zero-order valence-corrected chi connectivity index (χ0v) is 12.9. The number of methoxy groups -OCH3 is 2. The molecule has 4 nitrogen and oxygen atoms in total. The molecule has 0 spiro atoms. The lowest BCUT2D eigenvalue weighted by atomic mass is 9.96. The molecule has 21 heavy (non-hydrogen) atoms. The smallest absolute Gasteiger partial charge is 0.212 e. The van der Waals surface area contributed by atoms with Crippen LogP contribution in [0.4, 0.5) is 0 Å². The van der Waals surface area contributed by atoms with Crippen molar-refractivity contribution in [3.05, 3.63) is 52.7 Å². The van der Waals surface area contributed by atoms with E-state index in [0.717, 1.165) is 28.0 Å². The fourth-order valence-electron chi connectivity index (χ4n) is 2.51. The summed E-state index contributed by atoms with van der Waals surface area (Å²) in [6.07, 6.45) is 1.57. The molecule has 0 saturated carbocycles. The summed E-state index contributed by atoms with van der Waals surface area (Å²) in [5.74, 6) is 1.29. The fraction of sp³-hybridized carbons (Fsp3) is 0.353. The molecule has 0 aliphatic carbocycles. The Morgan fingerprint density at radius 2 is 1.90 bits per heavy atom. The Balaban J connectivity index is 2.25. The molecule has 1 aromatic heterocycles. The highest BCUT2D eigenvalue weighted by atomic mass is 16.5. The maximum Gasteiger partial charge on any atom is 0.212 e. The van der Waals surface area contributed by atoms with Gasteiger partial charge in [-0.25, -0.2) is 4.98 Å². The van der Waals surface area contributed by atoms with Gasteiger partial charge in [-0.3, -0.25) is 0 Å². The number of benzene rings is 1. The van der Waals surface area contributed by atoms with E-state index in [1.807, 2.05) is 32.0 Å². The van der Waals surface area contributed by atoms with Gasteiger partial charge in [0.05, 0.1) is 20.3 Å². The van der Waals surface area contributed by atoms with Crippen molar-refractivity contribution >= 4 is 0 Å². The average molecular weight is 287 g/mol. The number of pyridine rings is 1. The maximum absolute atomic E-state index is 10.5. The van der Waals surface area contributed by atoms with Gasteiger partial charge >= 0.3 is 0 Å². The second kappa shape index (κ2) is 6.59. The number of aryl methyl sites for hydroxylation is 2. The number of aliphatic hydroxyl groups excluding tert-OH is 1. The zero-order valence-electron chi connectivity index (χ0n) is 12.9. The van der Waals surface area contributed by atoms with E-state index in [-0.39, 0.29) is 0 Å². The van der Waals surface area contributed by atoms with Crippen LogP contribution in [0.25, 0.3) is 0 Å². The van der Waals surface area contributed by atoms with Gasteiger partial charge in [0, 0.05) is 24.2 Å². The summed E-state index contributed by atoms with van der Waals surface area (Å²) < 4.78 is 10.4. The number of aromatic nitrogens is 1. The molecule has 0 aliphatic heterocycles. The van der Waals surface area contributed by atoms with Crippen molar-refractivity contribution in [3.8, 4) is 11.6 Å². The van der Waals surface area contributed by atoms with Gasteiger partial charge in [0.25, 0.3) is 0 Å². The zero-order chi connectivity index (χ0) is 15.4. The van der Waals surface area contributed by atoms with Crippen LogP contribution >= 0.6 is 0 Å². The summed E-state index contributed by atoms with van der Waals surface area (Å²) in [6, 6.07) is 7.69. The summed E-state index contributed by atoms with van der Waals surface area (Å²) in [4.78, 5) is 4.16. The molecule has 0 saturated heterocycles. The second-order valence-electron chi connectivity index (χ2n) is 5.13. The molecule has 1 heterocycles. The van der Waals surface area contributed by atoms with Crippen molar-refractivity contribution in [3.63, 3.8) is 0 Å². The van der Waals surface area contributed by atoms with Crippen molar-refractivity contribution in [2.75, 3.05) is 14.2 Å². The third-order valence-electron chi connectivity index (χ3n) is 3.48. The lowest BCUT2D eigenvalue weighted by Crippen LogP contribution is -2.07. The summed E-state index contributed by atoms with van der Waals surface area (Å²) >= 11 is 0. The van der Waals surface area contributed by atoms with E-state index in [1.54, 1.807) is 26.5 Å². The van der Waals surface area contributed by atoms with E-state index in [9.17, 15) is 5.11 Å². The number of hydrogen-bond acceptors (Lipinski definition) is 4. The molecule has 2 rings (SSSR count). The van der Waals surface area contributed by atoms with Gasteiger partial charge < -0.3 is 14.6 Å². The predicted octanol–water partition coefficient (Wildman–Crippen LogP) is 2.99. The molecule has 1 atom stereocenters. The summed E-state index contributed by atoms with van der Waals surface area (Å²) in [5, 5.41) is 10.5. The Labute approximate surface area is 125 Å². The Morgan fingerprint density at radius 1 is 1.14 bits per heavy atom. The predicted molar refractivity (Wildman–Crippen MR) is 81.9 cm³/mol. The lowest BCUT2D eigenvalue weighted by molar-refractivity contribution is 0.173. The lowest BCUT2D eigenvalue weighted by Gasteiger charge is -2.18. The molecule has 1 unspecified atom stereocenters. The van der Waals surface area contributed by atoms with Crippen molar-refractivity contribution in [2.24, 2.45) is 0 Å². The first kappa shape index (κ1) is 15.3. The second-order valence-corrected chi connectivity index (χ2v) is 5.13. The van der Waals surface area contributed by atoms with E-state index < -0.39 is 6.10 Å². The molecule has 0 amide bonds. The Bertz CT molecular complexity index is 608. The van der Waals surface area contributed by atoms with Crippen molar-refractivity contribution in [2.45, 2.75) is 26.4 Å².